The van der Waals surface area contributed by atoms with Gasteiger partial charge >= 0.3 is 0 Å². The first-order valence-electron chi connectivity index (χ1n) is 5.81. The molecule has 19 heavy (non-hydrogen) atoms. The zero-order valence-electron chi connectivity index (χ0n) is 10.7. The van der Waals surface area contributed by atoms with Crippen LogP contribution in [0.2, 0.25) is 0 Å². The summed E-state index contributed by atoms with van der Waals surface area (Å²) in [5, 5.41) is 5.59. The van der Waals surface area contributed by atoms with Gasteiger partial charge in [0.05, 0.1) is 11.8 Å². The van der Waals surface area contributed by atoms with Gasteiger partial charge in [-0.1, -0.05) is 11.6 Å². The van der Waals surface area contributed by atoms with Crippen LogP contribution >= 0.6 is 0 Å². The van der Waals surface area contributed by atoms with E-state index in [9.17, 15) is 9.18 Å². The van der Waals surface area contributed by atoms with Crippen molar-refractivity contribution in [3.8, 4) is 0 Å². The SMILES string of the molecule is CNc1ccc(C)cc1C(=O)Nc1ccc(F)cn1. The molecule has 1 aromatic heterocycles. The summed E-state index contributed by atoms with van der Waals surface area (Å²) in [6.45, 7) is 1.91. The summed E-state index contributed by atoms with van der Waals surface area (Å²) in [6, 6.07) is 8.20. The van der Waals surface area contributed by atoms with E-state index in [1.807, 2.05) is 19.1 Å². The lowest BCUT2D eigenvalue weighted by Gasteiger charge is -2.10. The van der Waals surface area contributed by atoms with Crippen molar-refractivity contribution in [1.82, 2.24) is 4.98 Å². The number of carbonyl (C=O) groups is 1. The molecule has 0 bridgehead atoms. The Hall–Kier alpha value is -2.43. The zero-order chi connectivity index (χ0) is 13.8. The number of amides is 1. The summed E-state index contributed by atoms with van der Waals surface area (Å²) in [5.74, 6) is -0.411. The van der Waals surface area contributed by atoms with Crippen molar-refractivity contribution in [3.63, 3.8) is 0 Å². The van der Waals surface area contributed by atoms with Gasteiger partial charge < -0.3 is 10.6 Å². The van der Waals surface area contributed by atoms with E-state index in [2.05, 4.69) is 15.6 Å². The Balaban J connectivity index is 2.24. The number of aromatic nitrogens is 1. The standard InChI is InChI=1S/C14H14FN3O/c1-9-3-5-12(16-2)11(7-9)14(19)18-13-6-4-10(15)8-17-13/h3-8,16H,1-2H3,(H,17,18,19). The third-order valence-electron chi connectivity index (χ3n) is 2.66. The number of rotatable bonds is 3. The summed E-state index contributed by atoms with van der Waals surface area (Å²) in [6.07, 6.45) is 1.06. The molecular weight excluding hydrogens is 245 g/mol. The van der Waals surface area contributed by atoms with Crippen LogP contribution in [0.5, 0.6) is 0 Å². The van der Waals surface area contributed by atoms with Crippen LogP contribution in [-0.4, -0.2) is 17.9 Å². The summed E-state index contributed by atoms with van der Waals surface area (Å²) < 4.78 is 12.7. The van der Waals surface area contributed by atoms with E-state index in [1.165, 1.54) is 12.1 Å². The number of nitrogens with one attached hydrogen (secondary N) is 2. The van der Waals surface area contributed by atoms with Crippen molar-refractivity contribution >= 4 is 17.4 Å². The van der Waals surface area contributed by atoms with Gasteiger partial charge in [-0.15, -0.1) is 0 Å². The minimum Gasteiger partial charge on any atom is -0.387 e. The van der Waals surface area contributed by atoms with Crippen molar-refractivity contribution < 1.29 is 9.18 Å². The topological polar surface area (TPSA) is 54.0 Å². The zero-order valence-corrected chi connectivity index (χ0v) is 10.7. The first-order valence-corrected chi connectivity index (χ1v) is 5.81. The molecule has 0 radical (unpaired) electrons. The lowest BCUT2D eigenvalue weighted by Crippen LogP contribution is -2.15. The second-order valence-electron chi connectivity index (χ2n) is 4.11. The maximum absolute atomic E-state index is 12.7. The number of aryl methyl sites for hydroxylation is 1. The van der Waals surface area contributed by atoms with Crippen LogP contribution in [0.1, 0.15) is 15.9 Å². The van der Waals surface area contributed by atoms with Crippen LogP contribution < -0.4 is 10.6 Å². The fourth-order valence-electron chi connectivity index (χ4n) is 1.70. The molecule has 1 amide bonds. The van der Waals surface area contributed by atoms with E-state index in [0.29, 0.717) is 11.4 Å². The van der Waals surface area contributed by atoms with E-state index in [4.69, 9.17) is 0 Å². The minimum atomic E-state index is -0.440. The molecule has 2 N–H and O–H groups in total. The van der Waals surface area contributed by atoms with E-state index < -0.39 is 5.82 Å². The highest BCUT2D eigenvalue weighted by Gasteiger charge is 2.11. The molecule has 0 atom stereocenters. The smallest absolute Gasteiger partial charge is 0.258 e. The van der Waals surface area contributed by atoms with Crippen LogP contribution in [0.15, 0.2) is 36.5 Å². The first-order chi connectivity index (χ1) is 9.10. The molecule has 0 aliphatic rings. The van der Waals surface area contributed by atoms with Crippen LogP contribution in [0, 0.1) is 12.7 Å². The van der Waals surface area contributed by atoms with Crippen molar-refractivity contribution in [1.29, 1.82) is 0 Å². The van der Waals surface area contributed by atoms with Gasteiger partial charge in [0.25, 0.3) is 5.91 Å². The molecule has 98 valence electrons. The molecule has 1 heterocycles. The Morgan fingerprint density at radius 3 is 2.68 bits per heavy atom. The van der Waals surface area contributed by atoms with E-state index >= 15 is 0 Å². The summed E-state index contributed by atoms with van der Waals surface area (Å²) in [5.41, 5.74) is 2.23. The fourth-order valence-corrected chi connectivity index (χ4v) is 1.70. The number of halogens is 1. The molecule has 0 aliphatic carbocycles. The highest BCUT2D eigenvalue weighted by molar-refractivity contribution is 6.07. The third-order valence-corrected chi connectivity index (χ3v) is 2.66. The molecule has 2 rings (SSSR count). The van der Waals surface area contributed by atoms with Crippen molar-refractivity contribution in [3.05, 3.63) is 53.5 Å². The third kappa shape index (κ3) is 3.07. The minimum absolute atomic E-state index is 0.285. The number of pyridine rings is 1. The number of nitrogens with zero attached hydrogens (tertiary/aromatic N) is 1. The van der Waals surface area contributed by atoms with Crippen molar-refractivity contribution in [2.24, 2.45) is 0 Å². The average molecular weight is 259 g/mol. The van der Waals surface area contributed by atoms with Gasteiger partial charge in [0.15, 0.2) is 0 Å². The molecule has 5 heteroatoms. The molecule has 4 nitrogen and oxygen atoms in total. The molecule has 0 unspecified atom stereocenters. The lowest BCUT2D eigenvalue weighted by atomic mass is 10.1. The van der Waals surface area contributed by atoms with Gasteiger partial charge in [0, 0.05) is 12.7 Å². The fraction of sp³-hybridized carbons (Fsp3) is 0.143. The van der Waals surface area contributed by atoms with Crippen LogP contribution in [-0.2, 0) is 0 Å². The average Bonchev–Trinajstić information content (AvgIpc) is 2.41. The summed E-state index contributed by atoms with van der Waals surface area (Å²) in [4.78, 5) is 15.9. The van der Waals surface area contributed by atoms with Crippen LogP contribution in [0.25, 0.3) is 0 Å². The second kappa shape index (κ2) is 5.48. The first kappa shape index (κ1) is 13.0. The largest absolute Gasteiger partial charge is 0.387 e. The molecule has 2 aromatic rings. The Morgan fingerprint density at radius 2 is 2.05 bits per heavy atom. The number of benzene rings is 1. The summed E-state index contributed by atoms with van der Waals surface area (Å²) in [7, 11) is 1.75. The number of anilines is 2. The van der Waals surface area contributed by atoms with E-state index in [-0.39, 0.29) is 5.91 Å². The van der Waals surface area contributed by atoms with Gasteiger partial charge in [0.1, 0.15) is 11.6 Å². The van der Waals surface area contributed by atoms with Crippen LogP contribution in [0.4, 0.5) is 15.9 Å². The van der Waals surface area contributed by atoms with Crippen molar-refractivity contribution in [2.75, 3.05) is 17.7 Å². The van der Waals surface area contributed by atoms with E-state index in [0.717, 1.165) is 17.4 Å². The summed E-state index contributed by atoms with van der Waals surface area (Å²) >= 11 is 0. The Bertz CT molecular complexity index is 596. The van der Waals surface area contributed by atoms with Gasteiger partial charge in [-0.05, 0) is 31.2 Å². The Labute approximate surface area is 110 Å². The predicted molar refractivity (Wildman–Crippen MR) is 72.9 cm³/mol. The molecule has 1 aromatic carbocycles. The van der Waals surface area contributed by atoms with Crippen LogP contribution in [0.3, 0.4) is 0 Å². The van der Waals surface area contributed by atoms with Crippen molar-refractivity contribution in [2.45, 2.75) is 6.92 Å². The van der Waals surface area contributed by atoms with Gasteiger partial charge in [-0.2, -0.15) is 0 Å². The lowest BCUT2D eigenvalue weighted by molar-refractivity contribution is 0.102. The highest BCUT2D eigenvalue weighted by atomic mass is 19.1. The monoisotopic (exact) mass is 259 g/mol. The molecule has 0 spiro atoms. The Kier molecular flexibility index (Phi) is 3.75. The number of carbonyl (C=O) groups excluding carboxylic acids is 1. The van der Waals surface area contributed by atoms with Gasteiger partial charge in [0.2, 0.25) is 0 Å². The molecule has 0 saturated carbocycles. The number of hydrogen-bond acceptors (Lipinski definition) is 3. The molecule has 0 fully saturated rings. The van der Waals surface area contributed by atoms with Gasteiger partial charge in [-0.25, -0.2) is 9.37 Å². The molecule has 0 aliphatic heterocycles. The van der Waals surface area contributed by atoms with E-state index in [1.54, 1.807) is 13.1 Å². The predicted octanol–water partition coefficient (Wildman–Crippen LogP) is 2.82. The Morgan fingerprint density at radius 1 is 1.26 bits per heavy atom. The quantitative estimate of drug-likeness (QED) is 0.891. The molecular formula is C14H14FN3O. The maximum atomic E-state index is 12.7. The van der Waals surface area contributed by atoms with Gasteiger partial charge in [-0.3, -0.25) is 4.79 Å². The normalized spacial score (nSPS) is 10.1. The molecule has 0 saturated heterocycles. The second-order valence-corrected chi connectivity index (χ2v) is 4.11. The number of hydrogen-bond donors (Lipinski definition) is 2. The maximum Gasteiger partial charge on any atom is 0.258 e. The highest BCUT2D eigenvalue weighted by Crippen LogP contribution is 2.18.